The first kappa shape index (κ1) is 7.31. The minimum atomic E-state index is 0.211. The van der Waals surface area contributed by atoms with Crippen molar-refractivity contribution in [1.82, 2.24) is 5.32 Å². The summed E-state index contributed by atoms with van der Waals surface area (Å²) in [6.07, 6.45) is 1.03. The van der Waals surface area contributed by atoms with Crippen LogP contribution in [0.3, 0.4) is 0 Å². The first-order chi connectivity index (χ1) is 4.20. The highest BCUT2D eigenvalue weighted by Gasteiger charge is 2.22. The number of hydrogen-bond acceptors (Lipinski definition) is 1. The standard InChI is InChI=1S/C6H10INO/c1-4-2-5(7)3-8-6(4)9/h4-5H,2-3H2,1H3,(H,8,9). The number of piperidine rings is 1. The van der Waals surface area contributed by atoms with Crippen molar-refractivity contribution >= 4 is 28.5 Å². The van der Waals surface area contributed by atoms with Crippen molar-refractivity contribution < 1.29 is 4.79 Å². The second-order valence-electron chi connectivity index (χ2n) is 2.48. The van der Waals surface area contributed by atoms with E-state index in [1.165, 1.54) is 0 Å². The van der Waals surface area contributed by atoms with E-state index in [0.717, 1.165) is 13.0 Å². The van der Waals surface area contributed by atoms with Crippen LogP contribution in [0.2, 0.25) is 0 Å². The first-order valence-electron chi connectivity index (χ1n) is 3.12. The molecule has 52 valence electrons. The van der Waals surface area contributed by atoms with Gasteiger partial charge in [-0.25, -0.2) is 0 Å². The molecule has 1 amide bonds. The van der Waals surface area contributed by atoms with Gasteiger partial charge in [0.2, 0.25) is 5.91 Å². The predicted molar refractivity (Wildman–Crippen MR) is 44.6 cm³/mol. The largest absolute Gasteiger partial charge is 0.355 e. The molecule has 0 saturated carbocycles. The molecule has 0 aliphatic carbocycles. The van der Waals surface area contributed by atoms with Crippen molar-refractivity contribution in [2.24, 2.45) is 5.92 Å². The molecule has 2 nitrogen and oxygen atoms in total. The summed E-state index contributed by atoms with van der Waals surface area (Å²) in [4.78, 5) is 10.8. The lowest BCUT2D eigenvalue weighted by molar-refractivity contribution is -0.125. The van der Waals surface area contributed by atoms with Gasteiger partial charge >= 0.3 is 0 Å². The van der Waals surface area contributed by atoms with E-state index in [4.69, 9.17) is 0 Å². The van der Waals surface area contributed by atoms with Crippen LogP contribution in [0.1, 0.15) is 13.3 Å². The molecule has 1 saturated heterocycles. The minimum absolute atomic E-state index is 0.211. The highest BCUT2D eigenvalue weighted by molar-refractivity contribution is 14.1. The first-order valence-corrected chi connectivity index (χ1v) is 4.36. The zero-order valence-corrected chi connectivity index (χ0v) is 7.51. The summed E-state index contributed by atoms with van der Waals surface area (Å²) in [5.74, 6) is 0.434. The number of rotatable bonds is 0. The smallest absolute Gasteiger partial charge is 0.222 e. The van der Waals surface area contributed by atoms with Gasteiger partial charge in [0.25, 0.3) is 0 Å². The molecule has 0 spiro atoms. The third-order valence-electron chi connectivity index (χ3n) is 1.55. The SMILES string of the molecule is CC1CC(I)CNC1=O. The van der Waals surface area contributed by atoms with Gasteiger partial charge in [0.15, 0.2) is 0 Å². The number of halogens is 1. The quantitative estimate of drug-likeness (QED) is 0.494. The fourth-order valence-electron chi connectivity index (χ4n) is 0.960. The van der Waals surface area contributed by atoms with Crippen molar-refractivity contribution in [2.75, 3.05) is 6.54 Å². The van der Waals surface area contributed by atoms with E-state index in [1.54, 1.807) is 0 Å². The Kier molecular flexibility index (Phi) is 2.32. The van der Waals surface area contributed by atoms with E-state index in [0.29, 0.717) is 3.92 Å². The molecule has 2 unspecified atom stereocenters. The van der Waals surface area contributed by atoms with E-state index in [9.17, 15) is 4.79 Å². The van der Waals surface area contributed by atoms with Gasteiger partial charge in [-0.2, -0.15) is 0 Å². The topological polar surface area (TPSA) is 29.1 Å². The molecule has 1 N–H and O–H groups in total. The van der Waals surface area contributed by atoms with Crippen LogP contribution in [-0.4, -0.2) is 16.4 Å². The maximum absolute atomic E-state index is 10.8. The summed E-state index contributed by atoms with van der Waals surface area (Å²) in [5, 5.41) is 2.84. The Morgan fingerprint density at radius 2 is 2.44 bits per heavy atom. The van der Waals surface area contributed by atoms with Gasteiger partial charge in [-0.05, 0) is 6.42 Å². The number of nitrogens with one attached hydrogen (secondary N) is 1. The number of carbonyl (C=O) groups excluding carboxylic acids is 1. The fraction of sp³-hybridized carbons (Fsp3) is 0.833. The Hall–Kier alpha value is 0.200. The van der Waals surface area contributed by atoms with Crippen LogP contribution in [-0.2, 0) is 4.79 Å². The second-order valence-corrected chi connectivity index (χ2v) is 4.24. The average Bonchev–Trinajstić information content (AvgIpc) is 1.80. The molecule has 9 heavy (non-hydrogen) atoms. The maximum Gasteiger partial charge on any atom is 0.222 e. The highest BCUT2D eigenvalue weighted by Crippen LogP contribution is 2.16. The molecule has 1 heterocycles. The Balaban J connectivity index is 2.44. The Labute approximate surface area is 68.5 Å². The molecule has 0 aromatic rings. The molecule has 1 fully saturated rings. The molecular formula is C6H10INO. The van der Waals surface area contributed by atoms with Crippen molar-refractivity contribution in [2.45, 2.75) is 17.3 Å². The number of carbonyl (C=O) groups is 1. The lowest BCUT2D eigenvalue weighted by Crippen LogP contribution is -2.40. The van der Waals surface area contributed by atoms with Crippen LogP contribution < -0.4 is 5.32 Å². The van der Waals surface area contributed by atoms with Crippen LogP contribution in [0.4, 0.5) is 0 Å². The fourth-order valence-corrected chi connectivity index (χ4v) is 1.94. The molecule has 1 rings (SSSR count). The molecular weight excluding hydrogens is 229 g/mol. The molecule has 0 aromatic carbocycles. The van der Waals surface area contributed by atoms with E-state index >= 15 is 0 Å². The van der Waals surface area contributed by atoms with Gasteiger partial charge in [0.05, 0.1) is 0 Å². The van der Waals surface area contributed by atoms with Gasteiger partial charge in [0, 0.05) is 16.4 Å². The van der Waals surface area contributed by atoms with E-state index in [2.05, 4.69) is 27.9 Å². The zero-order valence-electron chi connectivity index (χ0n) is 5.36. The van der Waals surface area contributed by atoms with Crippen LogP contribution in [0, 0.1) is 5.92 Å². The monoisotopic (exact) mass is 239 g/mol. The van der Waals surface area contributed by atoms with Crippen LogP contribution in [0.5, 0.6) is 0 Å². The molecule has 0 radical (unpaired) electrons. The second kappa shape index (κ2) is 2.86. The van der Waals surface area contributed by atoms with Gasteiger partial charge in [-0.1, -0.05) is 29.5 Å². The van der Waals surface area contributed by atoms with E-state index in [-0.39, 0.29) is 11.8 Å². The van der Waals surface area contributed by atoms with Crippen molar-refractivity contribution in [3.8, 4) is 0 Å². The molecule has 0 aromatic heterocycles. The van der Waals surface area contributed by atoms with Gasteiger partial charge in [-0.3, -0.25) is 4.79 Å². The van der Waals surface area contributed by atoms with Crippen LogP contribution in [0.25, 0.3) is 0 Å². The lowest BCUT2D eigenvalue weighted by Gasteiger charge is -2.22. The van der Waals surface area contributed by atoms with Gasteiger partial charge < -0.3 is 5.32 Å². The third kappa shape index (κ3) is 1.81. The van der Waals surface area contributed by atoms with Gasteiger partial charge in [0.1, 0.15) is 0 Å². The number of amides is 1. The number of hydrogen-bond donors (Lipinski definition) is 1. The molecule has 0 bridgehead atoms. The molecule has 1 aliphatic rings. The summed E-state index contributed by atoms with van der Waals surface area (Å²) in [7, 11) is 0. The summed E-state index contributed by atoms with van der Waals surface area (Å²) in [5.41, 5.74) is 0. The Morgan fingerprint density at radius 3 is 2.89 bits per heavy atom. The van der Waals surface area contributed by atoms with E-state index < -0.39 is 0 Å². The highest BCUT2D eigenvalue weighted by atomic mass is 127. The van der Waals surface area contributed by atoms with Crippen molar-refractivity contribution in [3.05, 3.63) is 0 Å². The molecule has 2 atom stereocenters. The Morgan fingerprint density at radius 1 is 1.78 bits per heavy atom. The predicted octanol–water partition coefficient (Wildman–Crippen LogP) is 0.946. The maximum atomic E-state index is 10.8. The summed E-state index contributed by atoms with van der Waals surface area (Å²) in [6.45, 7) is 2.82. The zero-order chi connectivity index (χ0) is 6.85. The third-order valence-corrected chi connectivity index (χ3v) is 2.50. The molecule has 3 heteroatoms. The Bertz CT molecular complexity index is 126. The van der Waals surface area contributed by atoms with Crippen LogP contribution >= 0.6 is 22.6 Å². The molecule has 1 aliphatic heterocycles. The summed E-state index contributed by atoms with van der Waals surface area (Å²) in [6, 6.07) is 0. The van der Waals surface area contributed by atoms with Crippen molar-refractivity contribution in [1.29, 1.82) is 0 Å². The number of alkyl halides is 1. The van der Waals surface area contributed by atoms with Gasteiger partial charge in [-0.15, -0.1) is 0 Å². The van der Waals surface area contributed by atoms with Crippen molar-refractivity contribution in [3.63, 3.8) is 0 Å². The van der Waals surface area contributed by atoms with E-state index in [1.807, 2.05) is 6.92 Å². The van der Waals surface area contributed by atoms with Crippen LogP contribution in [0.15, 0.2) is 0 Å². The minimum Gasteiger partial charge on any atom is -0.355 e. The lowest BCUT2D eigenvalue weighted by atomic mass is 10.0. The summed E-state index contributed by atoms with van der Waals surface area (Å²) >= 11 is 2.37. The summed E-state index contributed by atoms with van der Waals surface area (Å²) < 4.78 is 0.635. The average molecular weight is 239 g/mol. The normalized spacial score (nSPS) is 36.0.